The van der Waals surface area contributed by atoms with Crippen LogP contribution in [0.1, 0.15) is 23.3 Å². The molecule has 21 heavy (non-hydrogen) atoms. The molecular weight excluding hydrogens is 333 g/mol. The van der Waals surface area contributed by atoms with E-state index in [0.717, 1.165) is 17.2 Å². The van der Waals surface area contributed by atoms with Crippen LogP contribution in [0.15, 0.2) is 17.2 Å². The van der Waals surface area contributed by atoms with E-state index in [1.54, 1.807) is 0 Å². The van der Waals surface area contributed by atoms with Crippen molar-refractivity contribution in [3.63, 3.8) is 0 Å². The van der Waals surface area contributed by atoms with Crippen LogP contribution < -0.4 is 0 Å². The number of carbonyl (C=O) groups is 1. The smallest absolute Gasteiger partial charge is 0.356 e. The SMILES string of the molecule is O=C(c1cc(S(=O)(=O)Cl)c[nH]1)N1CCCC(C(F)(F)F)C1. The van der Waals surface area contributed by atoms with Crippen LogP contribution in [0.4, 0.5) is 13.2 Å². The summed E-state index contributed by atoms with van der Waals surface area (Å²) in [5, 5.41) is 0. The number of aromatic amines is 1. The number of likely N-dealkylation sites (tertiary alicyclic amines) is 1. The van der Waals surface area contributed by atoms with Gasteiger partial charge in [0.2, 0.25) is 0 Å². The zero-order chi connectivity index (χ0) is 15.8. The molecule has 1 unspecified atom stereocenters. The van der Waals surface area contributed by atoms with Gasteiger partial charge in [-0.15, -0.1) is 0 Å². The van der Waals surface area contributed by atoms with E-state index < -0.39 is 33.6 Å². The van der Waals surface area contributed by atoms with Gasteiger partial charge in [-0.1, -0.05) is 0 Å². The Kier molecular flexibility index (Phi) is 4.25. The molecule has 1 fully saturated rings. The molecule has 0 spiro atoms. The molecule has 2 rings (SSSR count). The molecule has 1 aliphatic rings. The molecule has 5 nitrogen and oxygen atoms in total. The van der Waals surface area contributed by atoms with Crippen LogP contribution in [0, 0.1) is 5.92 Å². The van der Waals surface area contributed by atoms with Crippen molar-refractivity contribution in [2.45, 2.75) is 23.9 Å². The summed E-state index contributed by atoms with van der Waals surface area (Å²) < 4.78 is 60.3. The van der Waals surface area contributed by atoms with Crippen LogP contribution in [0.5, 0.6) is 0 Å². The van der Waals surface area contributed by atoms with Crippen LogP contribution in [0.25, 0.3) is 0 Å². The quantitative estimate of drug-likeness (QED) is 0.837. The fraction of sp³-hybridized carbons (Fsp3) is 0.545. The minimum Gasteiger partial charge on any atom is -0.356 e. The van der Waals surface area contributed by atoms with E-state index in [-0.39, 0.29) is 30.0 Å². The number of nitrogens with one attached hydrogen (secondary N) is 1. The van der Waals surface area contributed by atoms with Gasteiger partial charge in [-0.25, -0.2) is 8.42 Å². The average molecular weight is 345 g/mol. The number of amides is 1. The van der Waals surface area contributed by atoms with E-state index in [1.807, 2.05) is 0 Å². The first-order valence-corrected chi connectivity index (χ1v) is 8.39. The number of carbonyl (C=O) groups excluding carboxylic acids is 1. The maximum Gasteiger partial charge on any atom is 0.393 e. The lowest BCUT2D eigenvalue weighted by molar-refractivity contribution is -0.184. The van der Waals surface area contributed by atoms with Gasteiger partial charge >= 0.3 is 6.18 Å². The molecule has 1 N–H and O–H groups in total. The molecular formula is C11H12ClF3N2O3S. The third-order valence-corrected chi connectivity index (χ3v) is 4.67. The second-order valence-electron chi connectivity index (χ2n) is 4.82. The molecule has 2 heterocycles. The number of nitrogens with zero attached hydrogens (tertiary/aromatic N) is 1. The van der Waals surface area contributed by atoms with Gasteiger partial charge in [-0.2, -0.15) is 13.2 Å². The number of hydrogen-bond donors (Lipinski definition) is 1. The number of H-pyrrole nitrogens is 1. The number of rotatable bonds is 2. The van der Waals surface area contributed by atoms with E-state index in [4.69, 9.17) is 10.7 Å². The Morgan fingerprint density at radius 1 is 1.43 bits per heavy atom. The predicted molar refractivity (Wildman–Crippen MR) is 68.5 cm³/mol. The van der Waals surface area contributed by atoms with Crippen molar-refractivity contribution in [1.82, 2.24) is 9.88 Å². The van der Waals surface area contributed by atoms with Crippen LogP contribution >= 0.6 is 10.7 Å². The summed E-state index contributed by atoms with van der Waals surface area (Å²) in [4.78, 5) is 15.3. The largest absolute Gasteiger partial charge is 0.393 e. The maximum atomic E-state index is 12.7. The van der Waals surface area contributed by atoms with Crippen molar-refractivity contribution in [2.75, 3.05) is 13.1 Å². The first-order valence-electron chi connectivity index (χ1n) is 6.08. The Labute approximate surface area is 123 Å². The Morgan fingerprint density at radius 2 is 2.10 bits per heavy atom. The van der Waals surface area contributed by atoms with Crippen molar-refractivity contribution in [2.24, 2.45) is 5.92 Å². The highest BCUT2D eigenvalue weighted by molar-refractivity contribution is 8.13. The predicted octanol–water partition coefficient (Wildman–Crippen LogP) is 2.36. The number of hydrogen-bond acceptors (Lipinski definition) is 3. The summed E-state index contributed by atoms with van der Waals surface area (Å²) in [6, 6.07) is 1.02. The highest BCUT2D eigenvalue weighted by Gasteiger charge is 2.42. The van der Waals surface area contributed by atoms with Crippen molar-refractivity contribution >= 4 is 25.6 Å². The standard InChI is InChI=1S/C11H12ClF3N2O3S/c12-21(19,20)8-4-9(16-5-8)10(18)17-3-1-2-7(6-17)11(13,14)15/h4-5,7,16H,1-3,6H2. The minimum absolute atomic E-state index is 0.0146. The highest BCUT2D eigenvalue weighted by Crippen LogP contribution is 2.33. The lowest BCUT2D eigenvalue weighted by Gasteiger charge is -2.33. The summed E-state index contributed by atoms with van der Waals surface area (Å²) in [6.07, 6.45) is -3.09. The van der Waals surface area contributed by atoms with Gasteiger partial charge in [0, 0.05) is 30.0 Å². The molecule has 0 saturated carbocycles. The van der Waals surface area contributed by atoms with Crippen molar-refractivity contribution in [1.29, 1.82) is 0 Å². The normalized spacial score (nSPS) is 20.6. The maximum absolute atomic E-state index is 12.7. The lowest BCUT2D eigenvalue weighted by Crippen LogP contribution is -2.44. The lowest BCUT2D eigenvalue weighted by atomic mass is 9.97. The molecule has 1 saturated heterocycles. The molecule has 118 valence electrons. The summed E-state index contributed by atoms with van der Waals surface area (Å²) in [7, 11) is 1.13. The Hall–Kier alpha value is -1.22. The number of piperidine rings is 1. The van der Waals surface area contributed by atoms with Crippen LogP contribution in [-0.4, -0.2) is 43.5 Å². The fourth-order valence-electron chi connectivity index (χ4n) is 2.24. The molecule has 1 aliphatic heterocycles. The van der Waals surface area contributed by atoms with E-state index in [1.165, 1.54) is 0 Å². The molecule has 1 aromatic heterocycles. The molecule has 0 radical (unpaired) electrons. The van der Waals surface area contributed by atoms with Crippen molar-refractivity contribution < 1.29 is 26.4 Å². The zero-order valence-corrected chi connectivity index (χ0v) is 12.2. The second-order valence-corrected chi connectivity index (χ2v) is 7.38. The molecule has 0 aromatic carbocycles. The molecule has 1 amide bonds. The van der Waals surface area contributed by atoms with Gasteiger partial charge in [0.25, 0.3) is 15.0 Å². The van der Waals surface area contributed by atoms with Crippen molar-refractivity contribution in [3.8, 4) is 0 Å². The minimum atomic E-state index is -4.35. The first-order chi connectivity index (χ1) is 9.59. The van der Waals surface area contributed by atoms with E-state index in [0.29, 0.717) is 0 Å². The third-order valence-electron chi connectivity index (χ3n) is 3.34. The first kappa shape index (κ1) is 16.2. The van der Waals surface area contributed by atoms with Gasteiger partial charge in [0.05, 0.1) is 5.92 Å². The number of halogens is 4. The fourth-order valence-corrected chi connectivity index (χ4v) is 2.96. The number of aromatic nitrogens is 1. The van der Waals surface area contributed by atoms with Crippen LogP contribution in [-0.2, 0) is 9.05 Å². The second kappa shape index (κ2) is 5.53. The topological polar surface area (TPSA) is 70.2 Å². The Balaban J connectivity index is 2.15. The van der Waals surface area contributed by atoms with Crippen molar-refractivity contribution in [3.05, 3.63) is 18.0 Å². The monoisotopic (exact) mass is 344 g/mol. The summed E-state index contributed by atoms with van der Waals surface area (Å²) in [5.74, 6) is -2.23. The third kappa shape index (κ3) is 3.70. The van der Waals surface area contributed by atoms with E-state index in [9.17, 15) is 26.4 Å². The van der Waals surface area contributed by atoms with Gasteiger partial charge in [-0.3, -0.25) is 4.79 Å². The molecule has 0 aliphatic carbocycles. The van der Waals surface area contributed by atoms with Crippen LogP contribution in [0.3, 0.4) is 0 Å². The Bertz CT molecular complexity index is 641. The Morgan fingerprint density at radius 3 is 2.62 bits per heavy atom. The number of alkyl halides is 3. The molecule has 0 bridgehead atoms. The molecule has 1 atom stereocenters. The van der Waals surface area contributed by atoms with E-state index in [2.05, 4.69) is 4.98 Å². The summed E-state index contributed by atoms with van der Waals surface area (Å²) in [5.41, 5.74) is -0.1000. The molecule has 1 aromatic rings. The molecule has 10 heteroatoms. The van der Waals surface area contributed by atoms with Crippen LogP contribution in [0.2, 0.25) is 0 Å². The highest BCUT2D eigenvalue weighted by atomic mass is 35.7. The van der Waals surface area contributed by atoms with Gasteiger partial charge < -0.3 is 9.88 Å². The van der Waals surface area contributed by atoms with Gasteiger partial charge in [0.15, 0.2) is 0 Å². The average Bonchev–Trinajstić information content (AvgIpc) is 2.86. The van der Waals surface area contributed by atoms with E-state index >= 15 is 0 Å². The zero-order valence-electron chi connectivity index (χ0n) is 10.7. The van der Waals surface area contributed by atoms with Gasteiger partial charge in [0.1, 0.15) is 10.6 Å². The van der Waals surface area contributed by atoms with Gasteiger partial charge in [-0.05, 0) is 18.9 Å². The summed E-state index contributed by atoms with van der Waals surface area (Å²) >= 11 is 0. The summed E-state index contributed by atoms with van der Waals surface area (Å²) in [6.45, 7) is -0.225.